The number of aromatic carboxylic acids is 1. The van der Waals surface area contributed by atoms with Crippen LogP contribution in [0.5, 0.6) is 0 Å². The molecular formula is C14H17BrN2O3. The Hall–Kier alpha value is -1.56. The van der Waals surface area contributed by atoms with Gasteiger partial charge in [-0.1, -0.05) is 0 Å². The summed E-state index contributed by atoms with van der Waals surface area (Å²) in [6, 6.07) is 4.61. The summed E-state index contributed by atoms with van der Waals surface area (Å²) in [5.41, 5.74) is 0.628. The molecule has 1 aromatic rings. The summed E-state index contributed by atoms with van der Waals surface area (Å²) in [5.74, 6) is -1.01. The van der Waals surface area contributed by atoms with E-state index in [9.17, 15) is 9.59 Å². The monoisotopic (exact) mass is 340 g/mol. The summed E-state index contributed by atoms with van der Waals surface area (Å²) < 4.78 is 0.667. The molecule has 0 radical (unpaired) electrons. The van der Waals surface area contributed by atoms with Gasteiger partial charge in [0, 0.05) is 17.1 Å². The van der Waals surface area contributed by atoms with Gasteiger partial charge < -0.3 is 15.3 Å². The van der Waals surface area contributed by atoms with Crippen molar-refractivity contribution in [1.82, 2.24) is 4.90 Å². The number of carboxylic acids is 1. The van der Waals surface area contributed by atoms with Gasteiger partial charge >= 0.3 is 12.0 Å². The molecule has 5 nitrogen and oxygen atoms in total. The summed E-state index contributed by atoms with van der Waals surface area (Å²) in [6.07, 6.45) is 3.15. The predicted octanol–water partition coefficient (Wildman–Crippen LogP) is 3.55. The fraction of sp³-hybridized carbons (Fsp3) is 0.429. The second-order valence-electron chi connectivity index (χ2n) is 4.97. The van der Waals surface area contributed by atoms with Gasteiger partial charge in [0.15, 0.2) is 0 Å². The Balaban J connectivity index is 2.14. The van der Waals surface area contributed by atoms with E-state index in [0.717, 1.165) is 25.8 Å². The van der Waals surface area contributed by atoms with Crippen molar-refractivity contribution in [3.8, 4) is 0 Å². The smallest absolute Gasteiger partial charge is 0.335 e. The van der Waals surface area contributed by atoms with Gasteiger partial charge in [-0.2, -0.15) is 0 Å². The minimum absolute atomic E-state index is 0.148. The lowest BCUT2D eigenvalue weighted by Gasteiger charge is -2.33. The molecule has 2 rings (SSSR count). The number of amides is 2. The number of urea groups is 1. The minimum atomic E-state index is -1.01. The van der Waals surface area contributed by atoms with Gasteiger partial charge in [-0.15, -0.1) is 0 Å². The maximum Gasteiger partial charge on any atom is 0.335 e. The number of likely N-dealkylation sites (tertiary alicyclic amines) is 1. The van der Waals surface area contributed by atoms with E-state index in [0.29, 0.717) is 10.2 Å². The van der Waals surface area contributed by atoms with Crippen molar-refractivity contribution in [2.75, 3.05) is 11.9 Å². The molecule has 2 N–H and O–H groups in total. The van der Waals surface area contributed by atoms with Crippen molar-refractivity contribution in [1.29, 1.82) is 0 Å². The number of rotatable bonds is 2. The van der Waals surface area contributed by atoms with Crippen molar-refractivity contribution >= 4 is 33.6 Å². The summed E-state index contributed by atoms with van der Waals surface area (Å²) in [7, 11) is 0. The average Bonchev–Trinajstić information content (AvgIpc) is 2.41. The molecule has 1 aromatic carbocycles. The summed E-state index contributed by atoms with van der Waals surface area (Å²) >= 11 is 3.32. The van der Waals surface area contributed by atoms with Gasteiger partial charge in [-0.05, 0) is 60.3 Å². The molecule has 0 saturated carbocycles. The second kappa shape index (κ2) is 6.26. The molecular weight excluding hydrogens is 324 g/mol. The van der Waals surface area contributed by atoms with Crippen LogP contribution in [0.3, 0.4) is 0 Å². The highest BCUT2D eigenvalue weighted by atomic mass is 79.9. The van der Waals surface area contributed by atoms with Crippen LogP contribution in [-0.4, -0.2) is 34.6 Å². The van der Waals surface area contributed by atoms with E-state index in [4.69, 9.17) is 5.11 Å². The number of nitrogens with zero attached hydrogens (tertiary/aromatic N) is 1. The SMILES string of the molecule is CC1CCCCN1C(=O)Nc1cc(C(=O)O)ccc1Br. The van der Waals surface area contributed by atoms with Crippen molar-refractivity contribution in [2.24, 2.45) is 0 Å². The van der Waals surface area contributed by atoms with Crippen molar-refractivity contribution in [3.63, 3.8) is 0 Å². The van der Waals surface area contributed by atoms with E-state index < -0.39 is 5.97 Å². The van der Waals surface area contributed by atoms with Crippen molar-refractivity contribution < 1.29 is 14.7 Å². The predicted molar refractivity (Wildman–Crippen MR) is 80.1 cm³/mol. The lowest BCUT2D eigenvalue weighted by Crippen LogP contribution is -2.44. The molecule has 1 aliphatic heterocycles. The topological polar surface area (TPSA) is 69.6 Å². The van der Waals surface area contributed by atoms with E-state index in [2.05, 4.69) is 21.2 Å². The first kappa shape index (κ1) is 14.8. The summed E-state index contributed by atoms with van der Waals surface area (Å²) in [4.78, 5) is 25.0. The molecule has 1 fully saturated rings. The second-order valence-corrected chi connectivity index (χ2v) is 5.82. The quantitative estimate of drug-likeness (QED) is 0.864. The van der Waals surface area contributed by atoms with Crippen LogP contribution in [-0.2, 0) is 0 Å². The highest BCUT2D eigenvalue weighted by molar-refractivity contribution is 9.10. The van der Waals surface area contributed by atoms with Gasteiger partial charge in [0.05, 0.1) is 11.3 Å². The molecule has 1 heterocycles. The Labute approximate surface area is 126 Å². The first-order chi connectivity index (χ1) is 9.49. The van der Waals surface area contributed by atoms with Crippen LogP contribution >= 0.6 is 15.9 Å². The molecule has 1 unspecified atom stereocenters. The van der Waals surface area contributed by atoms with Gasteiger partial charge in [0.25, 0.3) is 0 Å². The zero-order chi connectivity index (χ0) is 14.7. The van der Waals surface area contributed by atoms with Crippen molar-refractivity contribution in [3.05, 3.63) is 28.2 Å². The third kappa shape index (κ3) is 3.30. The molecule has 1 aliphatic rings. The van der Waals surface area contributed by atoms with Crippen LogP contribution in [0.2, 0.25) is 0 Å². The molecule has 20 heavy (non-hydrogen) atoms. The van der Waals surface area contributed by atoms with E-state index in [1.54, 1.807) is 11.0 Å². The number of hydrogen-bond acceptors (Lipinski definition) is 2. The lowest BCUT2D eigenvalue weighted by atomic mass is 10.0. The Kier molecular flexibility index (Phi) is 4.65. The number of carboxylic acid groups (broad SMARTS) is 1. The number of nitrogens with one attached hydrogen (secondary N) is 1. The molecule has 108 valence electrons. The standard InChI is InChI=1S/C14H17BrN2O3/c1-9-4-2-3-7-17(9)14(20)16-12-8-10(13(18)19)5-6-11(12)15/h5-6,8-9H,2-4,7H2,1H3,(H,16,20)(H,18,19). The molecule has 0 spiro atoms. The van der Waals surface area contributed by atoms with Crippen LogP contribution in [0.1, 0.15) is 36.5 Å². The fourth-order valence-corrected chi connectivity index (χ4v) is 2.69. The van der Waals surface area contributed by atoms with Gasteiger partial charge in [0.1, 0.15) is 0 Å². The molecule has 0 aromatic heterocycles. The van der Waals surface area contributed by atoms with Gasteiger partial charge in [0.2, 0.25) is 0 Å². The Morgan fingerprint density at radius 3 is 2.80 bits per heavy atom. The molecule has 1 atom stereocenters. The summed E-state index contributed by atoms with van der Waals surface area (Å²) in [6.45, 7) is 2.77. The molecule has 0 bridgehead atoms. The lowest BCUT2D eigenvalue weighted by molar-refractivity contribution is 0.0697. The van der Waals surface area contributed by atoms with E-state index in [1.165, 1.54) is 12.1 Å². The highest BCUT2D eigenvalue weighted by Crippen LogP contribution is 2.25. The van der Waals surface area contributed by atoms with Crippen LogP contribution in [0.15, 0.2) is 22.7 Å². The molecule has 2 amide bonds. The van der Waals surface area contributed by atoms with Crippen LogP contribution < -0.4 is 5.32 Å². The zero-order valence-electron chi connectivity index (χ0n) is 11.2. The number of halogens is 1. The Morgan fingerprint density at radius 2 is 2.15 bits per heavy atom. The van der Waals surface area contributed by atoms with Gasteiger partial charge in [-0.3, -0.25) is 0 Å². The third-order valence-corrected chi connectivity index (χ3v) is 4.21. The summed E-state index contributed by atoms with van der Waals surface area (Å²) in [5, 5.41) is 11.8. The number of hydrogen-bond donors (Lipinski definition) is 2. The van der Waals surface area contributed by atoms with E-state index >= 15 is 0 Å². The number of carbonyl (C=O) groups excluding carboxylic acids is 1. The van der Waals surface area contributed by atoms with Gasteiger partial charge in [-0.25, -0.2) is 9.59 Å². The largest absolute Gasteiger partial charge is 0.478 e. The van der Waals surface area contributed by atoms with Crippen LogP contribution in [0.25, 0.3) is 0 Å². The average molecular weight is 341 g/mol. The molecule has 0 aliphatic carbocycles. The first-order valence-electron chi connectivity index (χ1n) is 6.59. The number of anilines is 1. The molecule has 6 heteroatoms. The third-order valence-electron chi connectivity index (χ3n) is 3.52. The van der Waals surface area contributed by atoms with E-state index in [1.807, 2.05) is 6.92 Å². The maximum atomic E-state index is 12.3. The van der Waals surface area contributed by atoms with Crippen molar-refractivity contribution in [2.45, 2.75) is 32.2 Å². The first-order valence-corrected chi connectivity index (χ1v) is 7.39. The number of piperidine rings is 1. The minimum Gasteiger partial charge on any atom is -0.478 e. The van der Waals surface area contributed by atoms with Crippen LogP contribution in [0, 0.1) is 0 Å². The fourth-order valence-electron chi connectivity index (χ4n) is 2.34. The number of carbonyl (C=O) groups is 2. The Morgan fingerprint density at radius 1 is 1.40 bits per heavy atom. The maximum absolute atomic E-state index is 12.3. The highest BCUT2D eigenvalue weighted by Gasteiger charge is 2.23. The zero-order valence-corrected chi connectivity index (χ0v) is 12.8. The normalized spacial score (nSPS) is 18.7. The van der Waals surface area contributed by atoms with Crippen LogP contribution in [0.4, 0.5) is 10.5 Å². The Bertz CT molecular complexity index is 533. The van der Waals surface area contributed by atoms with E-state index in [-0.39, 0.29) is 17.6 Å². The number of benzene rings is 1. The molecule has 1 saturated heterocycles.